The van der Waals surface area contributed by atoms with Gasteiger partial charge in [-0.25, -0.2) is 0 Å². The molecule has 0 bridgehead atoms. The second-order valence-corrected chi connectivity index (χ2v) is 6.61. The average Bonchev–Trinajstić information content (AvgIpc) is 2.18. The third-order valence-corrected chi connectivity index (χ3v) is 3.44. The maximum atomic E-state index is 12.1. The maximum absolute atomic E-state index is 12.1. The summed E-state index contributed by atoms with van der Waals surface area (Å²) in [6, 6.07) is 5.22. The van der Waals surface area contributed by atoms with Crippen molar-refractivity contribution >= 4 is 33.4 Å². The van der Waals surface area contributed by atoms with Crippen LogP contribution in [0.5, 0.6) is 0 Å². The van der Waals surface area contributed by atoms with Gasteiger partial charge in [-0.05, 0) is 39.5 Å². The van der Waals surface area contributed by atoms with Gasteiger partial charge in [-0.2, -0.15) is 0 Å². The number of hydrogen-bond donors (Lipinski definition) is 0. The summed E-state index contributed by atoms with van der Waals surface area (Å²) in [7, 11) is 1.82. The second kappa shape index (κ2) is 5.40. The summed E-state index contributed by atoms with van der Waals surface area (Å²) in [6.45, 7) is 7.03. The SMILES string of the molecule is CN(CC(C)(C)C)C(=O)c1ccc(Cl)c(Br)c1. The number of nitrogens with zero attached hydrogens (tertiary/aromatic N) is 1. The number of carbonyl (C=O) groups is 1. The number of halogens is 2. The minimum absolute atomic E-state index is 0.0114. The van der Waals surface area contributed by atoms with E-state index in [4.69, 9.17) is 11.6 Å². The topological polar surface area (TPSA) is 20.3 Å². The molecule has 1 rings (SSSR count). The van der Waals surface area contributed by atoms with Gasteiger partial charge >= 0.3 is 0 Å². The van der Waals surface area contributed by atoms with Crippen molar-refractivity contribution in [2.24, 2.45) is 5.41 Å². The van der Waals surface area contributed by atoms with Gasteiger partial charge < -0.3 is 4.90 Å². The molecule has 0 aromatic heterocycles. The molecule has 0 aliphatic heterocycles. The normalized spacial score (nSPS) is 11.4. The lowest BCUT2D eigenvalue weighted by Crippen LogP contribution is -2.34. The van der Waals surface area contributed by atoms with E-state index >= 15 is 0 Å². The Hall–Kier alpha value is -0.540. The summed E-state index contributed by atoms with van der Waals surface area (Å²) in [6.07, 6.45) is 0. The number of hydrogen-bond acceptors (Lipinski definition) is 1. The summed E-state index contributed by atoms with van der Waals surface area (Å²) in [5, 5.41) is 0.611. The molecule has 0 heterocycles. The molecule has 1 aromatic carbocycles. The molecule has 0 saturated heterocycles. The van der Waals surface area contributed by atoms with E-state index in [0.717, 1.165) is 4.47 Å². The van der Waals surface area contributed by atoms with E-state index in [-0.39, 0.29) is 11.3 Å². The van der Waals surface area contributed by atoms with Crippen LogP contribution in [0.2, 0.25) is 5.02 Å². The average molecular weight is 319 g/mol. The fourth-order valence-electron chi connectivity index (χ4n) is 1.63. The monoisotopic (exact) mass is 317 g/mol. The molecule has 0 aliphatic rings. The van der Waals surface area contributed by atoms with Crippen LogP contribution >= 0.6 is 27.5 Å². The molecule has 0 atom stereocenters. The zero-order chi connectivity index (χ0) is 13.2. The van der Waals surface area contributed by atoms with E-state index in [1.54, 1.807) is 23.1 Å². The predicted molar refractivity (Wildman–Crippen MR) is 75.6 cm³/mol. The molecule has 0 aliphatic carbocycles. The molecule has 94 valence electrons. The van der Waals surface area contributed by atoms with E-state index in [0.29, 0.717) is 17.1 Å². The molecule has 4 heteroatoms. The summed E-state index contributed by atoms with van der Waals surface area (Å²) in [5.41, 5.74) is 0.738. The predicted octanol–water partition coefficient (Wildman–Crippen LogP) is 4.22. The van der Waals surface area contributed by atoms with Gasteiger partial charge in [-0.15, -0.1) is 0 Å². The third-order valence-electron chi connectivity index (χ3n) is 2.22. The first-order valence-electron chi connectivity index (χ1n) is 5.41. The largest absolute Gasteiger partial charge is 0.341 e. The van der Waals surface area contributed by atoms with Crippen LogP contribution < -0.4 is 0 Å². The molecule has 1 aromatic rings. The van der Waals surface area contributed by atoms with E-state index in [1.165, 1.54) is 0 Å². The summed E-state index contributed by atoms with van der Waals surface area (Å²) < 4.78 is 0.745. The van der Waals surface area contributed by atoms with Gasteiger partial charge in [-0.1, -0.05) is 32.4 Å². The second-order valence-electron chi connectivity index (χ2n) is 5.35. The van der Waals surface area contributed by atoms with E-state index in [1.807, 2.05) is 7.05 Å². The van der Waals surface area contributed by atoms with E-state index in [9.17, 15) is 4.79 Å². The highest BCUT2D eigenvalue weighted by molar-refractivity contribution is 9.10. The van der Waals surface area contributed by atoms with Gasteiger partial charge in [0.1, 0.15) is 0 Å². The number of rotatable bonds is 2. The quantitative estimate of drug-likeness (QED) is 0.799. The Morgan fingerprint density at radius 1 is 1.41 bits per heavy atom. The minimum atomic E-state index is 0.0114. The van der Waals surface area contributed by atoms with Crippen molar-refractivity contribution < 1.29 is 4.79 Å². The fourth-order valence-corrected chi connectivity index (χ4v) is 2.13. The van der Waals surface area contributed by atoms with Gasteiger partial charge in [0, 0.05) is 23.6 Å². The van der Waals surface area contributed by atoms with Crippen molar-refractivity contribution in [2.45, 2.75) is 20.8 Å². The first-order valence-corrected chi connectivity index (χ1v) is 6.58. The van der Waals surface area contributed by atoms with Crippen LogP contribution in [-0.4, -0.2) is 24.4 Å². The lowest BCUT2D eigenvalue weighted by molar-refractivity contribution is 0.0745. The van der Waals surface area contributed by atoms with Crippen LogP contribution in [-0.2, 0) is 0 Å². The van der Waals surface area contributed by atoms with Crippen LogP contribution in [0.1, 0.15) is 31.1 Å². The lowest BCUT2D eigenvalue weighted by Gasteiger charge is -2.26. The molecule has 0 unspecified atom stereocenters. The van der Waals surface area contributed by atoms with Gasteiger partial charge in [0.05, 0.1) is 5.02 Å². The standard InChI is InChI=1S/C13H17BrClNO/c1-13(2,3)8-16(4)12(17)9-5-6-11(15)10(14)7-9/h5-7H,8H2,1-4H3. The Bertz CT molecular complexity index is 426. The zero-order valence-electron chi connectivity index (χ0n) is 10.6. The molecule has 2 nitrogen and oxygen atoms in total. The molecule has 0 saturated carbocycles. The van der Waals surface area contributed by atoms with Crippen LogP contribution in [0.4, 0.5) is 0 Å². The summed E-state index contributed by atoms with van der Waals surface area (Å²) >= 11 is 9.22. The molecule has 0 N–H and O–H groups in total. The van der Waals surface area contributed by atoms with Crippen LogP contribution in [0.25, 0.3) is 0 Å². The van der Waals surface area contributed by atoms with Gasteiger partial charge in [0.2, 0.25) is 0 Å². The Balaban J connectivity index is 2.85. The Labute approximate surface area is 116 Å². The highest BCUT2D eigenvalue weighted by Gasteiger charge is 2.19. The van der Waals surface area contributed by atoms with Crippen LogP contribution in [0.3, 0.4) is 0 Å². The molecular formula is C13H17BrClNO. The first kappa shape index (κ1) is 14.5. The molecule has 0 radical (unpaired) electrons. The van der Waals surface area contributed by atoms with E-state index < -0.39 is 0 Å². The summed E-state index contributed by atoms with van der Waals surface area (Å²) in [5.74, 6) is 0.0114. The van der Waals surface area contributed by atoms with Gasteiger partial charge in [0.25, 0.3) is 5.91 Å². The number of benzene rings is 1. The maximum Gasteiger partial charge on any atom is 0.253 e. The fraction of sp³-hybridized carbons (Fsp3) is 0.462. The Kier molecular flexibility index (Phi) is 4.62. The highest BCUT2D eigenvalue weighted by atomic mass is 79.9. The molecule has 0 fully saturated rings. The molecule has 1 amide bonds. The third kappa shape index (κ3) is 4.32. The van der Waals surface area contributed by atoms with Crippen LogP contribution in [0, 0.1) is 5.41 Å². The Morgan fingerprint density at radius 2 is 2.00 bits per heavy atom. The smallest absolute Gasteiger partial charge is 0.253 e. The van der Waals surface area contributed by atoms with Crippen molar-refractivity contribution in [1.82, 2.24) is 4.90 Å². The van der Waals surface area contributed by atoms with E-state index in [2.05, 4.69) is 36.7 Å². The lowest BCUT2D eigenvalue weighted by atomic mass is 9.96. The molecular weight excluding hydrogens is 302 g/mol. The van der Waals surface area contributed by atoms with Gasteiger partial charge in [-0.3, -0.25) is 4.79 Å². The summed E-state index contributed by atoms with van der Waals surface area (Å²) in [4.78, 5) is 13.9. The van der Waals surface area contributed by atoms with Crippen molar-refractivity contribution in [3.8, 4) is 0 Å². The van der Waals surface area contributed by atoms with Crippen molar-refractivity contribution in [3.63, 3.8) is 0 Å². The van der Waals surface area contributed by atoms with Gasteiger partial charge in [0.15, 0.2) is 0 Å². The van der Waals surface area contributed by atoms with Crippen LogP contribution in [0.15, 0.2) is 22.7 Å². The zero-order valence-corrected chi connectivity index (χ0v) is 12.9. The number of amides is 1. The molecule has 17 heavy (non-hydrogen) atoms. The first-order chi connectivity index (χ1) is 7.70. The molecule has 0 spiro atoms. The van der Waals surface area contributed by atoms with Crippen molar-refractivity contribution in [3.05, 3.63) is 33.3 Å². The Morgan fingerprint density at radius 3 is 2.47 bits per heavy atom. The van der Waals surface area contributed by atoms with Crippen molar-refractivity contribution in [2.75, 3.05) is 13.6 Å². The minimum Gasteiger partial charge on any atom is -0.341 e. The highest BCUT2D eigenvalue weighted by Crippen LogP contribution is 2.24. The number of carbonyl (C=O) groups excluding carboxylic acids is 1. The van der Waals surface area contributed by atoms with Crippen molar-refractivity contribution in [1.29, 1.82) is 0 Å².